The van der Waals surface area contributed by atoms with Crippen molar-refractivity contribution in [3.63, 3.8) is 0 Å². The minimum atomic E-state index is -0.823. The number of aromatic amines is 1. The molecule has 0 radical (unpaired) electrons. The Morgan fingerprint density at radius 1 is 1.05 bits per heavy atom. The normalized spacial score (nSPS) is 11.9. The zero-order chi connectivity index (χ0) is 29.9. The minimum Gasteiger partial charge on any atom is -0.875 e. The molecule has 3 rings (SSSR count). The molecule has 0 amide bonds. The van der Waals surface area contributed by atoms with Gasteiger partial charge in [-0.3, -0.25) is 9.89 Å². The van der Waals surface area contributed by atoms with Crippen LogP contribution in [-0.2, 0) is 36.2 Å². The van der Waals surface area contributed by atoms with Crippen LogP contribution < -0.4 is 9.84 Å². The molecule has 1 N–H and O–H groups in total. The molecule has 2 aromatic heterocycles. The van der Waals surface area contributed by atoms with Gasteiger partial charge < -0.3 is 14.6 Å². The molecule has 1 aromatic carbocycles. The number of methoxy groups -OCH3 is 2. The number of carbonyl (C=O) groups is 2. The van der Waals surface area contributed by atoms with Gasteiger partial charge in [-0.15, -0.1) is 26.2 Å². The fourth-order valence-corrected chi connectivity index (χ4v) is 3.93. The van der Waals surface area contributed by atoms with Gasteiger partial charge >= 0.3 is 22.5 Å². The van der Waals surface area contributed by atoms with E-state index >= 15 is 0 Å². The number of ketones is 1. The second-order valence-corrected chi connectivity index (χ2v) is 10.4. The van der Waals surface area contributed by atoms with E-state index in [9.17, 15) is 14.7 Å². The van der Waals surface area contributed by atoms with Crippen LogP contribution in [-0.4, -0.2) is 45.8 Å². The molecule has 0 atom stereocenters. The van der Waals surface area contributed by atoms with Crippen LogP contribution in [0.4, 0.5) is 11.4 Å². The summed E-state index contributed by atoms with van der Waals surface area (Å²) in [5, 5.41) is 32.1. The van der Waals surface area contributed by atoms with E-state index in [0.717, 1.165) is 37.2 Å². The predicted molar refractivity (Wildman–Crippen MR) is 151 cm³/mol. The van der Waals surface area contributed by atoms with Gasteiger partial charge in [-0.25, -0.2) is 9.31 Å². The van der Waals surface area contributed by atoms with Gasteiger partial charge in [0.15, 0.2) is 11.5 Å². The van der Waals surface area contributed by atoms with Crippen LogP contribution in [0.1, 0.15) is 84.7 Å². The number of para-hydroxylation sites is 1. The minimum absolute atomic E-state index is 0. The molecule has 0 fully saturated rings. The van der Waals surface area contributed by atoms with E-state index in [1.807, 2.05) is 35.7 Å². The number of H-pyrrole nitrogens is 1. The third kappa shape index (κ3) is 9.81. The van der Waals surface area contributed by atoms with Crippen LogP contribution in [0.5, 0.6) is 5.75 Å². The van der Waals surface area contributed by atoms with Gasteiger partial charge in [-0.1, -0.05) is 71.9 Å². The second kappa shape index (κ2) is 16.7. The van der Waals surface area contributed by atoms with Crippen LogP contribution in [0.3, 0.4) is 0 Å². The van der Waals surface area contributed by atoms with E-state index < -0.39 is 17.5 Å². The van der Waals surface area contributed by atoms with Crippen molar-refractivity contribution in [1.29, 1.82) is 0 Å². The van der Waals surface area contributed by atoms with Crippen molar-refractivity contribution in [2.45, 2.75) is 85.5 Å². The van der Waals surface area contributed by atoms with Crippen molar-refractivity contribution in [3.8, 4) is 5.75 Å². The Balaban J connectivity index is 0.000000421. The Kier molecular flexibility index (Phi) is 14.4. The molecule has 0 spiro atoms. The van der Waals surface area contributed by atoms with Crippen LogP contribution in [0.2, 0.25) is 0 Å². The Bertz CT molecular complexity index is 1350. The number of benzene rings is 1. The molecule has 0 unspecified atom stereocenters. The predicted octanol–water partition coefficient (Wildman–Crippen LogP) is 5.81. The number of Topliss-reactive ketones (excluding diaryl/α,β-unsaturated/α-hetero) is 1. The molecule has 0 saturated heterocycles. The van der Waals surface area contributed by atoms with Crippen molar-refractivity contribution in [2.24, 2.45) is 10.2 Å². The molecule has 12 heteroatoms. The monoisotopic (exact) mass is 611 g/mol. The average Bonchev–Trinajstić information content (AvgIpc) is 3.47. The zero-order valence-corrected chi connectivity index (χ0v) is 26.1. The van der Waals surface area contributed by atoms with Gasteiger partial charge in [0.25, 0.3) is 0 Å². The Morgan fingerprint density at radius 3 is 2.29 bits per heavy atom. The van der Waals surface area contributed by atoms with Crippen LogP contribution >= 0.6 is 0 Å². The summed E-state index contributed by atoms with van der Waals surface area (Å²) in [6.07, 6.45) is 5.28. The summed E-state index contributed by atoms with van der Waals surface area (Å²) in [5.41, 5.74) is 2.55. The third-order valence-corrected chi connectivity index (χ3v) is 6.12. The van der Waals surface area contributed by atoms with E-state index in [1.54, 1.807) is 7.11 Å². The number of fused-ring (bicyclic) bond motifs is 1. The number of allylic oxidation sites excluding steroid dienone is 1. The maximum Gasteiger partial charge on any atom is 2.00 e. The quantitative estimate of drug-likeness (QED) is 0.0420. The molecular weight excluding hydrogens is 571 g/mol. The molecule has 41 heavy (non-hydrogen) atoms. The van der Waals surface area contributed by atoms with Crippen LogP contribution in [0, 0.1) is 6.92 Å². The average molecular weight is 612 g/mol. The first-order chi connectivity index (χ1) is 19.0. The summed E-state index contributed by atoms with van der Waals surface area (Å²) >= 11 is 0. The number of nitrogens with one attached hydrogen (secondary N) is 1. The van der Waals surface area contributed by atoms with Gasteiger partial charge in [-0.2, -0.15) is 0 Å². The number of rotatable bonds is 11. The molecule has 11 nitrogen and oxygen atoms in total. The number of aromatic nitrogens is 4. The first-order valence-electron chi connectivity index (χ1n) is 13.4. The van der Waals surface area contributed by atoms with Gasteiger partial charge in [0.05, 0.1) is 25.5 Å². The van der Waals surface area contributed by atoms with Crippen LogP contribution in [0.25, 0.3) is 5.65 Å². The summed E-state index contributed by atoms with van der Waals surface area (Å²) in [7, 11) is 2.78. The molecule has 3 aromatic rings. The molecule has 0 aliphatic rings. The van der Waals surface area contributed by atoms with Crippen molar-refractivity contribution in [1.82, 2.24) is 19.8 Å². The second-order valence-electron chi connectivity index (χ2n) is 10.4. The molecule has 0 aliphatic carbocycles. The number of aryl methyl sites for hydroxylation is 1. The first kappa shape index (κ1) is 35.5. The summed E-state index contributed by atoms with van der Waals surface area (Å²) < 4.78 is 11.6. The smallest absolute Gasteiger partial charge is 0.875 e. The van der Waals surface area contributed by atoms with Crippen molar-refractivity contribution in [2.75, 3.05) is 14.2 Å². The maximum atomic E-state index is 11.7. The number of ether oxygens (including phenoxy) is 2. The fourth-order valence-electron chi connectivity index (χ4n) is 3.93. The summed E-state index contributed by atoms with van der Waals surface area (Å²) in [6, 6.07) is 7.51. The zero-order valence-electron chi connectivity index (χ0n) is 25.1. The van der Waals surface area contributed by atoms with E-state index in [1.165, 1.54) is 14.0 Å². The van der Waals surface area contributed by atoms with E-state index in [4.69, 9.17) is 4.74 Å². The van der Waals surface area contributed by atoms with E-state index in [-0.39, 0.29) is 33.9 Å². The maximum absolute atomic E-state index is 11.7. The van der Waals surface area contributed by atoms with Gasteiger partial charge in [0.1, 0.15) is 17.3 Å². The molecular formula is C29H41N6NiO5+. The van der Waals surface area contributed by atoms with Gasteiger partial charge in [0.2, 0.25) is 5.65 Å². The number of esters is 1. The van der Waals surface area contributed by atoms with Crippen molar-refractivity contribution in [3.05, 3.63) is 47.1 Å². The number of hydrogen-bond acceptors (Lipinski definition) is 9. The number of carbonyl (C=O) groups excluding carboxylic acids is 2. The Hall–Kier alpha value is -3.53. The molecule has 0 aliphatic heterocycles. The van der Waals surface area contributed by atoms with Gasteiger partial charge in [-0.05, 0) is 32.4 Å². The first-order valence-corrected chi connectivity index (χ1v) is 13.4. The van der Waals surface area contributed by atoms with Crippen molar-refractivity contribution >= 4 is 28.8 Å². The fraction of sp³-hybridized carbons (Fsp3) is 0.517. The SMILES string of the molecule is CCCCCCCC([O-])=C(C(C)=O)C(=O)OC.COc1ccccc1N=Nc1c(C(C)(C)C)[nH]n2c(C)nnc12.[Ni+2]. The van der Waals surface area contributed by atoms with E-state index in [2.05, 4.69) is 58.0 Å². The molecule has 0 bridgehead atoms. The third-order valence-electron chi connectivity index (χ3n) is 6.12. The summed E-state index contributed by atoms with van der Waals surface area (Å²) in [6.45, 7) is 11.6. The number of unbranched alkanes of at least 4 members (excludes halogenated alkanes) is 4. The molecule has 0 saturated carbocycles. The van der Waals surface area contributed by atoms with Crippen LogP contribution in [0.15, 0.2) is 45.8 Å². The Labute approximate surface area is 251 Å². The molecule has 2 heterocycles. The summed E-state index contributed by atoms with van der Waals surface area (Å²) in [4.78, 5) is 22.4. The Morgan fingerprint density at radius 2 is 1.71 bits per heavy atom. The molecule has 226 valence electrons. The number of azo groups is 1. The topological polar surface area (TPSA) is 146 Å². The summed E-state index contributed by atoms with van der Waals surface area (Å²) in [5.74, 6) is -0.283. The largest absolute Gasteiger partial charge is 2.00 e. The van der Waals surface area contributed by atoms with E-state index in [0.29, 0.717) is 29.2 Å². The number of nitrogens with zero attached hydrogens (tertiary/aromatic N) is 5. The standard InChI is InChI=1S/C16H20N6O.C13H22O4.Ni/c1-10-17-20-15-13(14(16(2,3)4)21-22(10)15)19-18-11-8-6-7-9-12(11)23-5;1-4-5-6-7-8-9-11(15)12(10(2)14)13(16)17-3;/h6-9,21H,1-5H3;15H,4-9H2,1-3H3;/q;;+2/p-1. The van der Waals surface area contributed by atoms with Gasteiger partial charge in [0, 0.05) is 5.41 Å². The van der Waals surface area contributed by atoms with Crippen molar-refractivity contribution < 1.29 is 40.7 Å². The number of hydrogen-bond donors (Lipinski definition) is 1.